The van der Waals surface area contributed by atoms with Gasteiger partial charge in [0.2, 0.25) is 11.8 Å². The second-order valence-corrected chi connectivity index (χ2v) is 11.5. The molecule has 242 valence electrons. The molecule has 1 N–H and O–H groups in total. The average Bonchev–Trinajstić information content (AvgIpc) is 3.54. The zero-order valence-corrected chi connectivity index (χ0v) is 27.1. The topological polar surface area (TPSA) is 86.3 Å². The van der Waals surface area contributed by atoms with E-state index in [9.17, 15) is 9.59 Å². The summed E-state index contributed by atoms with van der Waals surface area (Å²) in [5.41, 5.74) is 1.39. The van der Waals surface area contributed by atoms with E-state index in [0.29, 0.717) is 31.0 Å². The maximum Gasteiger partial charge on any atom is 0.249 e. The van der Waals surface area contributed by atoms with Crippen molar-refractivity contribution < 1.29 is 28.5 Å². The van der Waals surface area contributed by atoms with Crippen molar-refractivity contribution >= 4 is 11.8 Å². The molecule has 2 amide bonds. The Morgan fingerprint density at radius 3 is 1.89 bits per heavy atom. The molecule has 8 nitrogen and oxygen atoms in total. The number of ether oxygens (including phenoxy) is 4. The van der Waals surface area contributed by atoms with Crippen molar-refractivity contribution in [3.8, 4) is 11.5 Å². The third-order valence-electron chi connectivity index (χ3n) is 8.63. The van der Waals surface area contributed by atoms with Gasteiger partial charge in [0, 0.05) is 26.6 Å². The Balaban J connectivity index is 1.59. The Labute approximate surface area is 268 Å². The van der Waals surface area contributed by atoms with Crippen molar-refractivity contribution in [3.63, 3.8) is 0 Å². The quantitative estimate of drug-likeness (QED) is 0.146. The van der Waals surface area contributed by atoms with Crippen LogP contribution in [-0.2, 0) is 24.7 Å². The van der Waals surface area contributed by atoms with E-state index < -0.39 is 11.6 Å². The molecule has 1 fully saturated rings. The normalized spacial score (nSPS) is 16.4. The van der Waals surface area contributed by atoms with Crippen LogP contribution < -0.4 is 14.8 Å². The molecular formula is C37H48N2O6. The zero-order valence-electron chi connectivity index (χ0n) is 27.1. The predicted octanol–water partition coefficient (Wildman–Crippen LogP) is 6.10. The summed E-state index contributed by atoms with van der Waals surface area (Å²) in [6, 6.07) is 24.6. The number of rotatable bonds is 17. The van der Waals surface area contributed by atoms with Gasteiger partial charge < -0.3 is 29.2 Å². The Morgan fingerprint density at radius 2 is 1.33 bits per heavy atom. The Morgan fingerprint density at radius 1 is 0.778 bits per heavy atom. The second kappa shape index (κ2) is 17.0. The molecule has 1 aliphatic rings. The van der Waals surface area contributed by atoms with E-state index in [2.05, 4.69) is 12.2 Å². The lowest BCUT2D eigenvalue weighted by molar-refractivity contribution is -0.145. The van der Waals surface area contributed by atoms with Gasteiger partial charge in [-0.2, -0.15) is 0 Å². The fourth-order valence-electron chi connectivity index (χ4n) is 6.05. The molecule has 1 heterocycles. The molecule has 0 spiro atoms. The van der Waals surface area contributed by atoms with Crippen LogP contribution >= 0.6 is 0 Å². The highest BCUT2D eigenvalue weighted by atomic mass is 16.5. The van der Waals surface area contributed by atoms with Crippen LogP contribution in [0.2, 0.25) is 0 Å². The number of carbonyl (C=O) groups is 2. The van der Waals surface area contributed by atoms with E-state index in [-0.39, 0.29) is 24.5 Å². The number of nitrogens with one attached hydrogen (secondary N) is 1. The van der Waals surface area contributed by atoms with Crippen LogP contribution in [0.1, 0.15) is 68.6 Å². The van der Waals surface area contributed by atoms with E-state index in [0.717, 1.165) is 29.5 Å². The van der Waals surface area contributed by atoms with E-state index in [1.54, 1.807) is 26.2 Å². The molecular weight excluding hydrogens is 568 g/mol. The van der Waals surface area contributed by atoms with Crippen LogP contribution in [0.5, 0.6) is 11.5 Å². The van der Waals surface area contributed by atoms with Crippen LogP contribution in [0.4, 0.5) is 0 Å². The summed E-state index contributed by atoms with van der Waals surface area (Å²) in [6.45, 7) is 2.89. The fourth-order valence-corrected chi connectivity index (χ4v) is 6.05. The highest BCUT2D eigenvalue weighted by Gasteiger charge is 2.42. The summed E-state index contributed by atoms with van der Waals surface area (Å²) in [5.74, 6) is 1.01. The molecule has 0 saturated carbocycles. The lowest BCUT2D eigenvalue weighted by Gasteiger charge is -2.36. The Hall–Kier alpha value is -3.88. The SMILES string of the molecule is CCCCCCCCNC(=O)[C@@H]1CC(OC)CN1C(=O)COC(c1ccccc1)(c1ccc(OC)cc1)c1ccc(OC)cc1. The molecule has 1 saturated heterocycles. The van der Waals surface area contributed by atoms with Gasteiger partial charge in [0.15, 0.2) is 0 Å². The average molecular weight is 617 g/mol. The third kappa shape index (κ3) is 8.44. The molecule has 0 aliphatic carbocycles. The van der Waals surface area contributed by atoms with Gasteiger partial charge in [-0.05, 0) is 47.4 Å². The van der Waals surface area contributed by atoms with Crippen LogP contribution in [0.15, 0.2) is 78.9 Å². The smallest absolute Gasteiger partial charge is 0.249 e. The van der Waals surface area contributed by atoms with E-state index in [1.807, 2.05) is 78.9 Å². The monoisotopic (exact) mass is 616 g/mol. The van der Waals surface area contributed by atoms with E-state index in [1.165, 1.54) is 25.7 Å². The number of hydrogen-bond acceptors (Lipinski definition) is 6. The van der Waals surface area contributed by atoms with Gasteiger partial charge in [-0.15, -0.1) is 0 Å². The minimum atomic E-state index is -1.13. The number of amides is 2. The zero-order chi connectivity index (χ0) is 32.1. The summed E-state index contributed by atoms with van der Waals surface area (Å²) in [4.78, 5) is 28.9. The molecule has 1 unspecified atom stereocenters. The summed E-state index contributed by atoms with van der Waals surface area (Å²) in [5, 5.41) is 3.06. The molecule has 0 bridgehead atoms. The predicted molar refractivity (Wildman–Crippen MR) is 176 cm³/mol. The van der Waals surface area contributed by atoms with E-state index in [4.69, 9.17) is 18.9 Å². The van der Waals surface area contributed by atoms with Crippen LogP contribution in [0.25, 0.3) is 0 Å². The second-order valence-electron chi connectivity index (χ2n) is 11.5. The first-order valence-electron chi connectivity index (χ1n) is 16.0. The van der Waals surface area contributed by atoms with Crippen molar-refractivity contribution in [1.82, 2.24) is 10.2 Å². The first kappa shape index (κ1) is 34.0. The van der Waals surface area contributed by atoms with Crippen molar-refractivity contribution in [3.05, 3.63) is 95.6 Å². The number of unbranched alkanes of at least 4 members (excludes halogenated alkanes) is 5. The van der Waals surface area contributed by atoms with Gasteiger partial charge >= 0.3 is 0 Å². The first-order chi connectivity index (χ1) is 22.0. The van der Waals surface area contributed by atoms with E-state index >= 15 is 0 Å². The van der Waals surface area contributed by atoms with Gasteiger partial charge in [0.25, 0.3) is 0 Å². The molecule has 8 heteroatoms. The summed E-state index contributed by atoms with van der Waals surface area (Å²) in [6.07, 6.45) is 7.09. The maximum atomic E-state index is 14.0. The van der Waals surface area contributed by atoms with Crippen molar-refractivity contribution in [2.75, 3.05) is 41.0 Å². The summed E-state index contributed by atoms with van der Waals surface area (Å²) >= 11 is 0. The molecule has 3 aromatic rings. The van der Waals surface area contributed by atoms with Crippen LogP contribution in [0, 0.1) is 0 Å². The van der Waals surface area contributed by atoms with Gasteiger partial charge in [-0.3, -0.25) is 9.59 Å². The molecule has 3 aromatic carbocycles. The lowest BCUT2D eigenvalue weighted by atomic mass is 9.80. The summed E-state index contributed by atoms with van der Waals surface area (Å²) in [7, 11) is 4.87. The van der Waals surface area contributed by atoms with Crippen molar-refractivity contribution in [2.45, 2.75) is 69.6 Å². The standard InChI is InChI=1S/C37H48N2O6/c1-5-6-7-8-9-13-24-38-36(41)34-25-33(44-4)26-39(34)35(40)27-45-37(28-14-11-10-12-15-28,29-16-20-31(42-2)21-17-29)30-18-22-32(43-3)23-19-30/h10-12,14-23,33-34H,5-9,13,24-27H2,1-4H3,(H,38,41)/t33?,34-/m0/s1. The van der Waals surface area contributed by atoms with Gasteiger partial charge in [-0.1, -0.05) is 93.6 Å². The highest BCUT2D eigenvalue weighted by molar-refractivity contribution is 5.89. The summed E-state index contributed by atoms with van der Waals surface area (Å²) < 4.78 is 23.3. The fraction of sp³-hybridized carbons (Fsp3) is 0.459. The Bertz CT molecular complexity index is 1280. The molecule has 4 rings (SSSR count). The molecule has 45 heavy (non-hydrogen) atoms. The van der Waals surface area contributed by atoms with Crippen LogP contribution in [-0.4, -0.2) is 69.9 Å². The van der Waals surface area contributed by atoms with Gasteiger partial charge in [0.05, 0.1) is 20.3 Å². The Kier molecular flexibility index (Phi) is 12.8. The third-order valence-corrected chi connectivity index (χ3v) is 8.63. The van der Waals surface area contributed by atoms with Gasteiger partial charge in [-0.25, -0.2) is 0 Å². The van der Waals surface area contributed by atoms with Crippen molar-refractivity contribution in [2.24, 2.45) is 0 Å². The molecule has 1 aliphatic heterocycles. The number of nitrogens with zero attached hydrogens (tertiary/aromatic N) is 1. The number of likely N-dealkylation sites (tertiary alicyclic amines) is 1. The highest BCUT2D eigenvalue weighted by Crippen LogP contribution is 2.41. The minimum absolute atomic E-state index is 0.143. The number of benzene rings is 3. The maximum absolute atomic E-state index is 14.0. The molecule has 2 atom stereocenters. The number of methoxy groups -OCH3 is 3. The largest absolute Gasteiger partial charge is 0.497 e. The van der Waals surface area contributed by atoms with Crippen LogP contribution in [0.3, 0.4) is 0 Å². The number of carbonyl (C=O) groups excluding carboxylic acids is 2. The first-order valence-corrected chi connectivity index (χ1v) is 16.0. The number of hydrogen-bond donors (Lipinski definition) is 1. The van der Waals surface area contributed by atoms with Gasteiger partial charge in [0.1, 0.15) is 29.7 Å². The lowest BCUT2D eigenvalue weighted by Crippen LogP contribution is -2.48. The minimum Gasteiger partial charge on any atom is -0.497 e. The molecule has 0 aromatic heterocycles. The van der Waals surface area contributed by atoms with Crippen molar-refractivity contribution in [1.29, 1.82) is 0 Å². The molecule has 0 radical (unpaired) electrons.